The van der Waals surface area contributed by atoms with Gasteiger partial charge in [0.05, 0.1) is 5.69 Å². The van der Waals surface area contributed by atoms with Crippen molar-refractivity contribution in [2.45, 2.75) is 23.8 Å². The molecular weight excluding hydrogens is 430 g/mol. The van der Waals surface area contributed by atoms with Crippen LogP contribution in [0.15, 0.2) is 93.6 Å². The zero-order valence-electron chi connectivity index (χ0n) is 17.1. The zero-order chi connectivity index (χ0) is 21.8. The second-order valence-electron chi connectivity index (χ2n) is 7.04. The minimum Gasteiger partial charge on any atom is -0.387 e. The third kappa shape index (κ3) is 4.98. The molecule has 158 valence electrons. The highest BCUT2D eigenvalue weighted by Gasteiger charge is 2.24. The molecule has 0 atom stereocenters. The Bertz CT molecular complexity index is 1250. The van der Waals surface area contributed by atoms with Gasteiger partial charge in [-0.25, -0.2) is 4.98 Å². The van der Waals surface area contributed by atoms with E-state index in [1.165, 1.54) is 30.2 Å². The molecule has 0 aliphatic carbocycles. The largest absolute Gasteiger partial charge is 0.387 e. The molecule has 0 fully saturated rings. The van der Waals surface area contributed by atoms with Crippen LogP contribution in [0.4, 0.5) is 5.69 Å². The maximum atomic E-state index is 12.6. The first kappa shape index (κ1) is 21.1. The van der Waals surface area contributed by atoms with E-state index in [0.717, 1.165) is 27.5 Å². The lowest BCUT2D eigenvalue weighted by atomic mass is 10.1. The Balaban J connectivity index is 1.67. The Morgan fingerprint density at radius 3 is 2.52 bits per heavy atom. The summed E-state index contributed by atoms with van der Waals surface area (Å²) in [6.07, 6.45) is 1.27. The highest BCUT2D eigenvalue weighted by molar-refractivity contribution is 7.99. The first-order valence-electron chi connectivity index (χ1n) is 9.61. The number of para-hydroxylation sites is 1. The number of benzene rings is 2. The van der Waals surface area contributed by atoms with Gasteiger partial charge in [-0.15, -0.1) is 11.8 Å². The summed E-state index contributed by atoms with van der Waals surface area (Å²) in [4.78, 5) is 4.69. The van der Waals surface area contributed by atoms with Crippen LogP contribution in [0.1, 0.15) is 16.8 Å². The zero-order valence-corrected chi connectivity index (χ0v) is 18.7. The van der Waals surface area contributed by atoms with Crippen LogP contribution in [0.25, 0.3) is 0 Å². The minimum absolute atomic E-state index is 0.108. The van der Waals surface area contributed by atoms with Gasteiger partial charge in [-0.3, -0.25) is 5.43 Å². The molecule has 1 aliphatic heterocycles. The molecule has 8 heteroatoms. The molecule has 0 radical (unpaired) electrons. The second kappa shape index (κ2) is 8.95. The monoisotopic (exact) mass is 451 g/mol. The summed E-state index contributed by atoms with van der Waals surface area (Å²) >= 11 is 1.52. The number of hydrogen-bond acceptors (Lipinski definition) is 7. The minimum atomic E-state index is -3.93. The maximum Gasteiger partial charge on any atom is 0.338 e. The van der Waals surface area contributed by atoms with Gasteiger partial charge in [-0.05, 0) is 50.2 Å². The fraction of sp³-hybridized carbons (Fsp3) is 0.130. The SMILES string of the molecule is Cc1ccc(S(=O)(=O)O/C=C2\CSc3nc(C)ccc3\C2=N\Nc2ccccc2)cc1. The Labute approximate surface area is 186 Å². The fourth-order valence-corrected chi connectivity index (χ4v) is 4.80. The van der Waals surface area contributed by atoms with Crippen LogP contribution in [0, 0.1) is 13.8 Å². The molecule has 2 aromatic carbocycles. The number of rotatable bonds is 5. The predicted molar refractivity (Wildman–Crippen MR) is 124 cm³/mol. The Morgan fingerprint density at radius 2 is 1.77 bits per heavy atom. The molecule has 0 bridgehead atoms. The summed E-state index contributed by atoms with van der Waals surface area (Å²) in [7, 11) is -3.93. The summed E-state index contributed by atoms with van der Waals surface area (Å²) in [5.41, 5.74) is 7.83. The Hall–Kier alpha value is -3.10. The van der Waals surface area contributed by atoms with Crippen molar-refractivity contribution in [3.8, 4) is 0 Å². The van der Waals surface area contributed by atoms with E-state index >= 15 is 0 Å². The van der Waals surface area contributed by atoms with Gasteiger partial charge >= 0.3 is 10.1 Å². The van der Waals surface area contributed by atoms with Gasteiger partial charge in [-0.1, -0.05) is 35.9 Å². The third-order valence-electron chi connectivity index (χ3n) is 4.62. The van der Waals surface area contributed by atoms with Crippen molar-refractivity contribution in [3.63, 3.8) is 0 Å². The summed E-state index contributed by atoms with van der Waals surface area (Å²) < 4.78 is 30.5. The lowest BCUT2D eigenvalue weighted by Crippen LogP contribution is -2.18. The molecule has 1 N–H and O–H groups in total. The number of anilines is 1. The maximum absolute atomic E-state index is 12.6. The van der Waals surface area contributed by atoms with E-state index in [-0.39, 0.29) is 4.90 Å². The third-order valence-corrected chi connectivity index (χ3v) is 6.86. The van der Waals surface area contributed by atoms with Gasteiger partial charge in [-0.2, -0.15) is 13.5 Å². The molecule has 1 aromatic heterocycles. The molecule has 0 unspecified atom stereocenters. The number of hydrogen-bond donors (Lipinski definition) is 1. The first-order valence-corrected chi connectivity index (χ1v) is 12.0. The average Bonchev–Trinajstić information content (AvgIpc) is 2.77. The number of pyridine rings is 1. The van der Waals surface area contributed by atoms with Crippen LogP contribution in [0.5, 0.6) is 0 Å². The molecule has 0 amide bonds. The number of nitrogens with one attached hydrogen (secondary N) is 1. The molecular formula is C23H21N3O3S2. The van der Waals surface area contributed by atoms with Gasteiger partial charge in [0.15, 0.2) is 0 Å². The van der Waals surface area contributed by atoms with Gasteiger partial charge in [0.25, 0.3) is 0 Å². The van der Waals surface area contributed by atoms with Gasteiger partial charge in [0, 0.05) is 22.6 Å². The molecule has 3 aromatic rings. The van der Waals surface area contributed by atoms with Crippen LogP contribution in [-0.4, -0.2) is 24.9 Å². The number of hydrazone groups is 1. The molecule has 0 saturated heterocycles. The van der Waals surface area contributed by atoms with Crippen LogP contribution < -0.4 is 5.43 Å². The Kier molecular flexibility index (Phi) is 6.11. The van der Waals surface area contributed by atoms with Crippen molar-refractivity contribution in [2.24, 2.45) is 5.10 Å². The highest BCUT2D eigenvalue weighted by atomic mass is 32.2. The number of fused-ring (bicyclic) bond motifs is 1. The number of aromatic nitrogens is 1. The molecule has 4 rings (SSSR count). The van der Waals surface area contributed by atoms with E-state index in [1.54, 1.807) is 12.1 Å². The standard InChI is InChI=1S/C23H21N3O3S2/c1-16-8-11-20(12-9-16)31(27,28)29-14-18-15-30-23-21(13-10-17(2)24-23)22(18)26-25-19-6-4-3-5-7-19/h3-14,25H,15H2,1-2H3/b18-14+,26-22+. The van der Waals surface area contributed by atoms with Gasteiger partial charge in [0.2, 0.25) is 0 Å². The van der Waals surface area contributed by atoms with Gasteiger partial charge < -0.3 is 4.18 Å². The quantitative estimate of drug-likeness (QED) is 0.337. The topological polar surface area (TPSA) is 80.7 Å². The van der Waals surface area contributed by atoms with Gasteiger partial charge in [0.1, 0.15) is 21.9 Å². The lowest BCUT2D eigenvalue weighted by Gasteiger charge is -2.20. The number of thioether (sulfide) groups is 1. The Morgan fingerprint density at radius 1 is 1.03 bits per heavy atom. The van der Waals surface area contributed by atoms with E-state index in [9.17, 15) is 8.42 Å². The van der Waals surface area contributed by atoms with Crippen molar-refractivity contribution in [2.75, 3.05) is 11.2 Å². The molecule has 31 heavy (non-hydrogen) atoms. The van der Waals surface area contributed by atoms with Crippen molar-refractivity contribution in [1.82, 2.24) is 4.98 Å². The number of nitrogens with zero attached hydrogens (tertiary/aromatic N) is 2. The molecule has 2 heterocycles. The predicted octanol–water partition coefficient (Wildman–Crippen LogP) is 4.91. The van der Waals surface area contributed by atoms with Crippen LogP contribution >= 0.6 is 11.8 Å². The average molecular weight is 452 g/mol. The summed E-state index contributed by atoms with van der Waals surface area (Å²) in [6.45, 7) is 3.83. The number of aryl methyl sites for hydroxylation is 2. The van der Waals surface area contributed by atoms with Crippen LogP contribution in [0.3, 0.4) is 0 Å². The second-order valence-corrected chi connectivity index (χ2v) is 9.57. The smallest absolute Gasteiger partial charge is 0.338 e. The fourth-order valence-electron chi connectivity index (χ4n) is 2.95. The lowest BCUT2D eigenvalue weighted by molar-refractivity contribution is 0.441. The van der Waals surface area contributed by atoms with Crippen molar-refractivity contribution in [3.05, 3.63) is 95.4 Å². The van der Waals surface area contributed by atoms with E-state index in [2.05, 4.69) is 15.5 Å². The molecule has 6 nitrogen and oxygen atoms in total. The van der Waals surface area contributed by atoms with E-state index in [4.69, 9.17) is 4.18 Å². The van der Waals surface area contributed by atoms with E-state index in [0.29, 0.717) is 17.0 Å². The normalized spacial score (nSPS) is 16.2. The van der Waals surface area contributed by atoms with E-state index < -0.39 is 10.1 Å². The molecule has 0 spiro atoms. The first-order chi connectivity index (χ1) is 14.9. The van der Waals surface area contributed by atoms with Crippen molar-refractivity contribution < 1.29 is 12.6 Å². The molecule has 0 saturated carbocycles. The van der Waals surface area contributed by atoms with Crippen LogP contribution in [0.2, 0.25) is 0 Å². The summed E-state index contributed by atoms with van der Waals surface area (Å²) in [5, 5.41) is 5.41. The highest BCUT2D eigenvalue weighted by Crippen LogP contribution is 2.32. The molecule has 1 aliphatic rings. The van der Waals surface area contributed by atoms with Crippen molar-refractivity contribution in [1.29, 1.82) is 0 Å². The summed E-state index contributed by atoms with van der Waals surface area (Å²) in [6, 6.07) is 19.9. The summed E-state index contributed by atoms with van der Waals surface area (Å²) in [5.74, 6) is 0.488. The van der Waals surface area contributed by atoms with E-state index in [1.807, 2.05) is 56.3 Å². The van der Waals surface area contributed by atoms with Crippen LogP contribution in [-0.2, 0) is 14.3 Å². The van der Waals surface area contributed by atoms with Crippen molar-refractivity contribution >= 4 is 33.3 Å².